The minimum atomic E-state index is -0.391. The zero-order valence-corrected chi connectivity index (χ0v) is 11.4. The van der Waals surface area contributed by atoms with E-state index in [-0.39, 0.29) is 0 Å². The van der Waals surface area contributed by atoms with Gasteiger partial charge in [-0.25, -0.2) is 4.79 Å². The van der Waals surface area contributed by atoms with Crippen LogP contribution in [0.5, 0.6) is 5.75 Å². The molecule has 0 aliphatic carbocycles. The summed E-state index contributed by atoms with van der Waals surface area (Å²) < 4.78 is 10.0. The van der Waals surface area contributed by atoms with Crippen LogP contribution in [0.3, 0.4) is 0 Å². The molecule has 0 saturated carbocycles. The van der Waals surface area contributed by atoms with Crippen LogP contribution in [-0.4, -0.2) is 19.7 Å². The van der Waals surface area contributed by atoms with Crippen molar-refractivity contribution in [2.24, 2.45) is 0 Å². The average Bonchev–Trinajstić information content (AvgIpc) is 2.28. The third-order valence-corrected chi connectivity index (χ3v) is 2.93. The maximum absolute atomic E-state index is 11.7. The number of benzene rings is 1. The van der Waals surface area contributed by atoms with Gasteiger partial charge < -0.3 is 9.47 Å². The number of alkyl halides is 1. The zero-order chi connectivity index (χ0) is 12.1. The second kappa shape index (κ2) is 6.11. The van der Waals surface area contributed by atoms with E-state index in [4.69, 9.17) is 21.1 Å². The van der Waals surface area contributed by atoms with Crippen molar-refractivity contribution in [1.29, 1.82) is 0 Å². The van der Waals surface area contributed by atoms with Crippen LogP contribution in [-0.2, 0) is 10.1 Å². The predicted octanol–water partition coefficient (Wildman–Crippen LogP) is 3.42. The van der Waals surface area contributed by atoms with Crippen LogP contribution in [0.2, 0.25) is 5.02 Å². The number of esters is 1. The summed E-state index contributed by atoms with van der Waals surface area (Å²) >= 11 is 9.33. The molecule has 0 saturated heterocycles. The predicted molar refractivity (Wildman–Crippen MR) is 66.6 cm³/mol. The lowest BCUT2D eigenvalue weighted by molar-refractivity contribution is 0.0525. The molecule has 0 atom stereocenters. The molecule has 0 bridgehead atoms. The van der Waals surface area contributed by atoms with E-state index in [1.807, 2.05) is 0 Å². The van der Waals surface area contributed by atoms with Gasteiger partial charge in [-0.1, -0.05) is 27.5 Å². The highest BCUT2D eigenvalue weighted by Crippen LogP contribution is 2.29. The van der Waals surface area contributed by atoms with Gasteiger partial charge in [0.2, 0.25) is 0 Å². The molecule has 0 heterocycles. The van der Waals surface area contributed by atoms with Crippen molar-refractivity contribution in [3.05, 3.63) is 28.3 Å². The molecule has 16 heavy (non-hydrogen) atoms. The van der Waals surface area contributed by atoms with Crippen molar-refractivity contribution in [3.8, 4) is 5.75 Å². The van der Waals surface area contributed by atoms with E-state index in [0.29, 0.717) is 33.8 Å². The summed E-state index contributed by atoms with van der Waals surface area (Å²) in [6, 6.07) is 3.29. The topological polar surface area (TPSA) is 35.5 Å². The smallest absolute Gasteiger partial charge is 0.338 e. The Hall–Kier alpha value is -0.740. The van der Waals surface area contributed by atoms with E-state index in [1.54, 1.807) is 19.1 Å². The second-order valence-corrected chi connectivity index (χ2v) is 3.96. The summed E-state index contributed by atoms with van der Waals surface area (Å²) in [5.41, 5.74) is 1.14. The summed E-state index contributed by atoms with van der Waals surface area (Å²) in [5.74, 6) is 0.149. The first-order valence-corrected chi connectivity index (χ1v) is 6.23. The number of halogens is 2. The second-order valence-electron chi connectivity index (χ2n) is 2.99. The molecule has 5 heteroatoms. The normalized spacial score (nSPS) is 10.0. The van der Waals surface area contributed by atoms with Crippen molar-refractivity contribution in [2.75, 3.05) is 13.7 Å². The Balaban J connectivity index is 3.22. The van der Waals surface area contributed by atoms with Gasteiger partial charge in [0.1, 0.15) is 5.75 Å². The highest BCUT2D eigenvalue weighted by Gasteiger charge is 2.16. The highest BCUT2D eigenvalue weighted by atomic mass is 79.9. The number of hydrogen-bond donors (Lipinski definition) is 0. The molecule has 0 unspecified atom stereocenters. The van der Waals surface area contributed by atoms with Gasteiger partial charge in [0, 0.05) is 10.4 Å². The Morgan fingerprint density at radius 3 is 2.69 bits per heavy atom. The first-order chi connectivity index (χ1) is 7.63. The first kappa shape index (κ1) is 13.3. The number of carbonyl (C=O) groups is 1. The van der Waals surface area contributed by atoms with Crippen LogP contribution in [0, 0.1) is 0 Å². The third-order valence-electron chi connectivity index (χ3n) is 2.03. The van der Waals surface area contributed by atoms with E-state index < -0.39 is 5.97 Å². The quantitative estimate of drug-likeness (QED) is 0.631. The number of hydrogen-bond acceptors (Lipinski definition) is 3. The molecule has 0 N–H and O–H groups in total. The van der Waals surface area contributed by atoms with Crippen LogP contribution in [0.15, 0.2) is 12.1 Å². The molecule has 0 fully saturated rings. The third kappa shape index (κ3) is 2.89. The van der Waals surface area contributed by atoms with Gasteiger partial charge in [-0.15, -0.1) is 0 Å². The van der Waals surface area contributed by atoms with E-state index in [0.717, 1.165) is 0 Å². The molecule has 0 aliphatic heterocycles. The van der Waals surface area contributed by atoms with Crippen molar-refractivity contribution < 1.29 is 14.3 Å². The molecule has 88 valence electrons. The molecule has 3 nitrogen and oxygen atoms in total. The Morgan fingerprint density at radius 2 is 2.19 bits per heavy atom. The van der Waals surface area contributed by atoms with Crippen LogP contribution < -0.4 is 4.74 Å². The minimum absolute atomic E-state index is 0.329. The molecular weight excluding hydrogens is 295 g/mol. The fourth-order valence-corrected chi connectivity index (χ4v) is 2.30. The molecule has 0 radical (unpaired) electrons. The fraction of sp³-hybridized carbons (Fsp3) is 0.364. The number of carbonyl (C=O) groups excluding carboxylic acids is 1. The summed E-state index contributed by atoms with van der Waals surface area (Å²) in [5, 5.41) is 0.975. The number of rotatable bonds is 4. The molecular formula is C11H12BrClO3. The lowest BCUT2D eigenvalue weighted by atomic mass is 10.1. The van der Waals surface area contributed by atoms with Crippen molar-refractivity contribution >= 4 is 33.5 Å². The molecule has 0 spiro atoms. The maximum Gasteiger partial charge on any atom is 0.338 e. The van der Waals surface area contributed by atoms with Crippen molar-refractivity contribution in [2.45, 2.75) is 12.3 Å². The van der Waals surface area contributed by atoms with Crippen LogP contribution in [0.4, 0.5) is 0 Å². The molecule has 0 aliphatic rings. The molecule has 1 aromatic rings. The zero-order valence-electron chi connectivity index (χ0n) is 9.05. The van der Waals surface area contributed by atoms with Gasteiger partial charge in [0.05, 0.1) is 19.3 Å². The molecule has 1 rings (SSSR count). The van der Waals surface area contributed by atoms with Gasteiger partial charge in [0.15, 0.2) is 0 Å². The van der Waals surface area contributed by atoms with E-state index in [9.17, 15) is 4.79 Å². The first-order valence-electron chi connectivity index (χ1n) is 4.73. The Morgan fingerprint density at radius 1 is 1.50 bits per heavy atom. The summed E-state index contributed by atoms with van der Waals surface area (Å²) in [6.07, 6.45) is 0. The van der Waals surface area contributed by atoms with Crippen LogP contribution in [0.1, 0.15) is 22.8 Å². The summed E-state index contributed by atoms with van der Waals surface area (Å²) in [4.78, 5) is 11.7. The Kier molecular flexibility index (Phi) is 5.09. The lowest BCUT2D eigenvalue weighted by Gasteiger charge is -2.10. The minimum Gasteiger partial charge on any atom is -0.497 e. The summed E-state index contributed by atoms with van der Waals surface area (Å²) in [6.45, 7) is 2.09. The Bertz CT molecular complexity index is 393. The highest BCUT2D eigenvalue weighted by molar-refractivity contribution is 9.08. The van der Waals surface area contributed by atoms with Crippen LogP contribution in [0.25, 0.3) is 0 Å². The maximum atomic E-state index is 11.7. The van der Waals surface area contributed by atoms with Gasteiger partial charge in [-0.05, 0) is 24.6 Å². The van der Waals surface area contributed by atoms with Gasteiger partial charge in [-0.2, -0.15) is 0 Å². The molecule has 0 aromatic heterocycles. The standard InChI is InChI=1S/C11H12BrClO3/c1-3-16-11(14)8-4-7(15-2)5-10(13)9(8)6-12/h4-5H,3,6H2,1-2H3. The van der Waals surface area contributed by atoms with Gasteiger partial charge >= 0.3 is 5.97 Å². The molecule has 0 amide bonds. The van der Waals surface area contributed by atoms with Gasteiger partial charge in [0.25, 0.3) is 0 Å². The number of ether oxygens (including phenoxy) is 2. The number of methoxy groups -OCH3 is 1. The van der Waals surface area contributed by atoms with Crippen LogP contribution >= 0.6 is 27.5 Å². The average molecular weight is 308 g/mol. The fourth-order valence-electron chi connectivity index (χ4n) is 1.26. The van der Waals surface area contributed by atoms with Gasteiger partial charge in [-0.3, -0.25) is 0 Å². The lowest BCUT2D eigenvalue weighted by Crippen LogP contribution is -2.08. The summed E-state index contributed by atoms with van der Waals surface area (Å²) in [7, 11) is 1.52. The Labute approximate surface area is 108 Å². The van der Waals surface area contributed by atoms with Crippen molar-refractivity contribution in [3.63, 3.8) is 0 Å². The largest absolute Gasteiger partial charge is 0.497 e. The van der Waals surface area contributed by atoms with E-state index in [1.165, 1.54) is 7.11 Å². The monoisotopic (exact) mass is 306 g/mol. The molecule has 1 aromatic carbocycles. The SMILES string of the molecule is CCOC(=O)c1cc(OC)cc(Cl)c1CBr. The van der Waals surface area contributed by atoms with E-state index >= 15 is 0 Å². The van der Waals surface area contributed by atoms with Crippen molar-refractivity contribution in [1.82, 2.24) is 0 Å². The van der Waals surface area contributed by atoms with E-state index in [2.05, 4.69) is 15.9 Å².